The average molecular weight is 234 g/mol. The van der Waals surface area contributed by atoms with Gasteiger partial charge in [-0.3, -0.25) is 4.79 Å². The molecule has 1 aromatic heterocycles. The number of aryl methyl sites for hydroxylation is 1. The van der Waals surface area contributed by atoms with Gasteiger partial charge in [0.2, 0.25) is 0 Å². The third kappa shape index (κ3) is 3.19. The molecule has 0 bridgehead atoms. The Morgan fingerprint density at radius 3 is 2.82 bits per heavy atom. The van der Waals surface area contributed by atoms with Crippen LogP contribution >= 0.6 is 0 Å². The molecule has 1 aliphatic heterocycles. The predicted octanol–water partition coefficient (Wildman–Crippen LogP) is 2.08. The summed E-state index contributed by atoms with van der Waals surface area (Å²) in [7, 11) is 0. The zero-order valence-corrected chi connectivity index (χ0v) is 10.1. The van der Waals surface area contributed by atoms with Crippen LogP contribution in [0.1, 0.15) is 24.8 Å². The smallest absolute Gasteiger partial charge is 0.303 e. The quantitative estimate of drug-likeness (QED) is 0.870. The average Bonchev–Trinajstić information content (AvgIpc) is 2.29. The van der Waals surface area contributed by atoms with Crippen LogP contribution < -0.4 is 4.90 Å². The number of anilines is 1. The van der Waals surface area contributed by atoms with Crippen molar-refractivity contribution in [2.24, 2.45) is 5.92 Å². The molecule has 0 atom stereocenters. The third-order valence-corrected chi connectivity index (χ3v) is 3.30. The molecule has 1 N–H and O–H groups in total. The molecule has 1 fully saturated rings. The molecule has 1 aromatic rings. The summed E-state index contributed by atoms with van der Waals surface area (Å²) in [5, 5.41) is 8.76. The summed E-state index contributed by atoms with van der Waals surface area (Å²) in [5.74, 6) is 0.657. The lowest BCUT2D eigenvalue weighted by Gasteiger charge is -2.32. The van der Waals surface area contributed by atoms with Crippen LogP contribution in [-0.4, -0.2) is 29.1 Å². The number of hydrogen-bond donors (Lipinski definition) is 1. The summed E-state index contributed by atoms with van der Waals surface area (Å²) in [6.45, 7) is 3.88. The summed E-state index contributed by atoms with van der Waals surface area (Å²) in [5.41, 5.74) is 1.21. The van der Waals surface area contributed by atoms with Crippen molar-refractivity contribution in [1.29, 1.82) is 0 Å². The Balaban J connectivity index is 1.93. The van der Waals surface area contributed by atoms with Gasteiger partial charge in [-0.1, -0.05) is 0 Å². The zero-order valence-electron chi connectivity index (χ0n) is 10.1. The van der Waals surface area contributed by atoms with Gasteiger partial charge in [0, 0.05) is 25.7 Å². The minimum Gasteiger partial charge on any atom is -0.481 e. The van der Waals surface area contributed by atoms with Gasteiger partial charge in [-0.25, -0.2) is 4.98 Å². The van der Waals surface area contributed by atoms with E-state index in [1.165, 1.54) is 5.56 Å². The molecule has 0 spiro atoms. The first-order chi connectivity index (χ1) is 8.15. The van der Waals surface area contributed by atoms with Crippen molar-refractivity contribution in [2.45, 2.75) is 26.2 Å². The Kier molecular flexibility index (Phi) is 3.61. The fourth-order valence-corrected chi connectivity index (χ4v) is 2.31. The molecule has 0 saturated carbocycles. The van der Waals surface area contributed by atoms with E-state index in [-0.39, 0.29) is 0 Å². The van der Waals surface area contributed by atoms with Gasteiger partial charge in [0.1, 0.15) is 5.82 Å². The highest BCUT2D eigenvalue weighted by molar-refractivity contribution is 5.67. The van der Waals surface area contributed by atoms with Crippen molar-refractivity contribution >= 4 is 11.8 Å². The molecule has 1 aliphatic rings. The van der Waals surface area contributed by atoms with Gasteiger partial charge in [0.25, 0.3) is 0 Å². The zero-order chi connectivity index (χ0) is 12.3. The predicted molar refractivity (Wildman–Crippen MR) is 66.2 cm³/mol. The minimum absolute atomic E-state index is 0.301. The third-order valence-electron chi connectivity index (χ3n) is 3.30. The van der Waals surface area contributed by atoms with E-state index in [9.17, 15) is 4.79 Å². The van der Waals surface area contributed by atoms with E-state index in [4.69, 9.17) is 5.11 Å². The highest BCUT2D eigenvalue weighted by atomic mass is 16.4. The maximum Gasteiger partial charge on any atom is 0.303 e. The van der Waals surface area contributed by atoms with Crippen molar-refractivity contribution in [1.82, 2.24) is 4.98 Å². The number of rotatable bonds is 3. The Labute approximate surface area is 101 Å². The monoisotopic (exact) mass is 234 g/mol. The summed E-state index contributed by atoms with van der Waals surface area (Å²) in [4.78, 5) is 17.2. The Bertz CT molecular complexity index is 398. The van der Waals surface area contributed by atoms with E-state index in [1.807, 2.05) is 12.3 Å². The SMILES string of the molecule is Cc1ccnc(N2CCC(CC(=O)O)CC2)c1. The van der Waals surface area contributed by atoms with E-state index in [1.54, 1.807) is 0 Å². The normalized spacial score (nSPS) is 17.1. The number of carboxylic acid groups (broad SMARTS) is 1. The first kappa shape index (κ1) is 11.9. The van der Waals surface area contributed by atoms with Crippen LogP contribution in [0.4, 0.5) is 5.82 Å². The molecular formula is C13H18N2O2. The summed E-state index contributed by atoms with van der Waals surface area (Å²) < 4.78 is 0. The molecule has 0 amide bonds. The van der Waals surface area contributed by atoms with Crippen LogP contribution in [0.3, 0.4) is 0 Å². The van der Waals surface area contributed by atoms with E-state index in [2.05, 4.69) is 22.9 Å². The first-order valence-electron chi connectivity index (χ1n) is 6.04. The van der Waals surface area contributed by atoms with Gasteiger partial charge in [0.15, 0.2) is 0 Å². The Morgan fingerprint density at radius 1 is 1.53 bits per heavy atom. The van der Waals surface area contributed by atoms with Gasteiger partial charge >= 0.3 is 5.97 Å². The molecule has 17 heavy (non-hydrogen) atoms. The number of aromatic nitrogens is 1. The summed E-state index contributed by atoms with van der Waals surface area (Å²) in [6.07, 6.45) is 4.02. The number of hydrogen-bond acceptors (Lipinski definition) is 3. The van der Waals surface area contributed by atoms with E-state index in [0.29, 0.717) is 12.3 Å². The van der Waals surface area contributed by atoms with Gasteiger partial charge in [0.05, 0.1) is 0 Å². The van der Waals surface area contributed by atoms with Gasteiger partial charge in [-0.15, -0.1) is 0 Å². The lowest BCUT2D eigenvalue weighted by molar-refractivity contribution is -0.138. The fourth-order valence-electron chi connectivity index (χ4n) is 2.31. The number of nitrogens with zero attached hydrogens (tertiary/aromatic N) is 2. The van der Waals surface area contributed by atoms with Gasteiger partial charge in [-0.2, -0.15) is 0 Å². The molecule has 0 unspecified atom stereocenters. The second-order valence-electron chi connectivity index (χ2n) is 4.72. The second kappa shape index (κ2) is 5.17. The molecule has 1 saturated heterocycles. The topological polar surface area (TPSA) is 53.4 Å². The van der Waals surface area contributed by atoms with Gasteiger partial charge < -0.3 is 10.0 Å². The lowest BCUT2D eigenvalue weighted by atomic mass is 9.93. The van der Waals surface area contributed by atoms with Crippen LogP contribution in [0.2, 0.25) is 0 Å². The lowest BCUT2D eigenvalue weighted by Crippen LogP contribution is -2.34. The molecule has 0 aliphatic carbocycles. The molecular weight excluding hydrogens is 216 g/mol. The van der Waals surface area contributed by atoms with E-state index >= 15 is 0 Å². The van der Waals surface area contributed by atoms with Crippen LogP contribution in [0, 0.1) is 12.8 Å². The number of aliphatic carboxylic acids is 1. The Morgan fingerprint density at radius 2 is 2.24 bits per heavy atom. The molecule has 2 rings (SSSR count). The molecule has 4 heteroatoms. The van der Waals surface area contributed by atoms with E-state index < -0.39 is 5.97 Å². The first-order valence-corrected chi connectivity index (χ1v) is 6.04. The van der Waals surface area contributed by atoms with Crippen molar-refractivity contribution in [3.63, 3.8) is 0 Å². The number of carboxylic acids is 1. The van der Waals surface area contributed by atoms with Crippen molar-refractivity contribution < 1.29 is 9.90 Å². The van der Waals surface area contributed by atoms with Crippen molar-refractivity contribution in [3.05, 3.63) is 23.9 Å². The number of pyridine rings is 1. The highest BCUT2D eigenvalue weighted by Crippen LogP contribution is 2.24. The molecule has 92 valence electrons. The van der Waals surface area contributed by atoms with Crippen LogP contribution in [0.5, 0.6) is 0 Å². The minimum atomic E-state index is -0.683. The molecule has 0 aromatic carbocycles. The maximum absolute atomic E-state index is 10.6. The number of carbonyl (C=O) groups is 1. The van der Waals surface area contributed by atoms with Crippen LogP contribution in [0.15, 0.2) is 18.3 Å². The fraction of sp³-hybridized carbons (Fsp3) is 0.538. The molecule has 2 heterocycles. The standard InChI is InChI=1S/C13H18N2O2/c1-10-2-5-14-12(8-10)15-6-3-11(4-7-15)9-13(16)17/h2,5,8,11H,3-4,6-7,9H2,1H3,(H,16,17). The second-order valence-corrected chi connectivity index (χ2v) is 4.72. The Hall–Kier alpha value is -1.58. The number of piperidine rings is 1. The van der Waals surface area contributed by atoms with Crippen LogP contribution in [-0.2, 0) is 4.79 Å². The highest BCUT2D eigenvalue weighted by Gasteiger charge is 2.21. The van der Waals surface area contributed by atoms with Crippen LogP contribution in [0.25, 0.3) is 0 Å². The summed E-state index contributed by atoms with van der Waals surface area (Å²) >= 11 is 0. The largest absolute Gasteiger partial charge is 0.481 e. The van der Waals surface area contributed by atoms with Crippen molar-refractivity contribution in [3.8, 4) is 0 Å². The van der Waals surface area contributed by atoms with E-state index in [0.717, 1.165) is 31.7 Å². The van der Waals surface area contributed by atoms with Crippen molar-refractivity contribution in [2.75, 3.05) is 18.0 Å². The summed E-state index contributed by atoms with van der Waals surface area (Å²) in [6, 6.07) is 4.07. The molecule has 0 radical (unpaired) electrons. The maximum atomic E-state index is 10.6. The molecule has 4 nitrogen and oxygen atoms in total. The van der Waals surface area contributed by atoms with Gasteiger partial charge in [-0.05, 0) is 43.4 Å².